The predicted molar refractivity (Wildman–Crippen MR) is 40.0 cm³/mol. The Labute approximate surface area is 70.8 Å². The van der Waals surface area contributed by atoms with Gasteiger partial charge in [0, 0.05) is 13.0 Å². The summed E-state index contributed by atoms with van der Waals surface area (Å²) in [6.45, 7) is 0.265. The molecular formula is C6H11FO4S. The van der Waals surface area contributed by atoms with Crippen molar-refractivity contribution in [2.24, 2.45) is 0 Å². The van der Waals surface area contributed by atoms with Crippen LogP contribution in [0, 0.1) is 0 Å². The molecule has 0 spiro atoms. The highest BCUT2D eigenvalue weighted by atomic mass is 32.2. The van der Waals surface area contributed by atoms with E-state index in [2.05, 4.69) is 4.18 Å². The van der Waals surface area contributed by atoms with Gasteiger partial charge in [0.05, 0.1) is 12.9 Å². The third kappa shape index (κ3) is 3.04. The number of alkyl halides is 1. The number of hydrogen-bond donors (Lipinski definition) is 0. The summed E-state index contributed by atoms with van der Waals surface area (Å²) in [6.07, 6.45) is -1.01. The molecule has 0 aromatic rings. The zero-order valence-electron chi connectivity index (χ0n) is 6.70. The molecule has 1 rings (SSSR count). The van der Waals surface area contributed by atoms with E-state index in [9.17, 15) is 12.8 Å². The summed E-state index contributed by atoms with van der Waals surface area (Å²) in [5, 5.41) is 0. The minimum absolute atomic E-state index is 0.0831. The van der Waals surface area contributed by atoms with E-state index in [1.165, 1.54) is 0 Å². The van der Waals surface area contributed by atoms with Crippen LogP contribution in [0.1, 0.15) is 6.42 Å². The average molecular weight is 198 g/mol. The molecule has 1 heterocycles. The van der Waals surface area contributed by atoms with Crippen molar-refractivity contribution in [2.75, 3.05) is 19.5 Å². The van der Waals surface area contributed by atoms with Crippen molar-refractivity contribution in [3.05, 3.63) is 0 Å². The van der Waals surface area contributed by atoms with Crippen LogP contribution in [0.5, 0.6) is 0 Å². The van der Waals surface area contributed by atoms with Gasteiger partial charge in [-0.3, -0.25) is 4.18 Å². The Kier molecular flexibility index (Phi) is 3.03. The smallest absolute Gasteiger partial charge is 0.264 e. The fraction of sp³-hybridized carbons (Fsp3) is 1.00. The lowest BCUT2D eigenvalue weighted by atomic mass is 10.1. The van der Waals surface area contributed by atoms with Crippen LogP contribution in [0.2, 0.25) is 0 Å². The molecule has 1 aliphatic heterocycles. The first kappa shape index (κ1) is 9.88. The molecule has 0 N–H and O–H groups in total. The van der Waals surface area contributed by atoms with Crippen molar-refractivity contribution in [1.82, 2.24) is 0 Å². The molecule has 0 saturated carbocycles. The van der Waals surface area contributed by atoms with E-state index in [1.54, 1.807) is 0 Å². The Balaban J connectivity index is 2.50. The fourth-order valence-corrected chi connectivity index (χ4v) is 1.68. The molecule has 1 fully saturated rings. The SMILES string of the molecule is CS(=O)(=O)OC1CCOCC1F. The largest absolute Gasteiger partial charge is 0.378 e. The molecule has 0 aromatic carbocycles. The minimum atomic E-state index is -3.55. The molecule has 2 unspecified atom stereocenters. The van der Waals surface area contributed by atoms with Crippen LogP contribution in [0.4, 0.5) is 4.39 Å². The zero-order valence-corrected chi connectivity index (χ0v) is 7.51. The van der Waals surface area contributed by atoms with Crippen LogP contribution in [0.3, 0.4) is 0 Å². The van der Waals surface area contributed by atoms with Crippen molar-refractivity contribution >= 4 is 10.1 Å². The number of halogens is 1. The fourth-order valence-electron chi connectivity index (χ4n) is 1.02. The molecular weight excluding hydrogens is 187 g/mol. The van der Waals surface area contributed by atoms with E-state index in [1.807, 2.05) is 0 Å². The monoisotopic (exact) mass is 198 g/mol. The molecule has 0 aromatic heterocycles. The summed E-state index contributed by atoms with van der Waals surface area (Å²) in [4.78, 5) is 0. The maximum atomic E-state index is 12.9. The van der Waals surface area contributed by atoms with E-state index in [0.29, 0.717) is 6.61 Å². The van der Waals surface area contributed by atoms with Crippen molar-refractivity contribution in [3.63, 3.8) is 0 Å². The lowest BCUT2D eigenvalue weighted by Gasteiger charge is -2.24. The predicted octanol–water partition coefficient (Wildman–Crippen LogP) is 0.0896. The Morgan fingerprint density at radius 3 is 2.75 bits per heavy atom. The van der Waals surface area contributed by atoms with Crippen LogP contribution in [0.15, 0.2) is 0 Å². The van der Waals surface area contributed by atoms with Gasteiger partial charge in [0.1, 0.15) is 6.10 Å². The molecule has 1 saturated heterocycles. The van der Waals surface area contributed by atoms with Gasteiger partial charge in [-0.05, 0) is 0 Å². The summed E-state index contributed by atoms with van der Waals surface area (Å²) in [5.74, 6) is 0. The molecule has 0 bridgehead atoms. The third-order valence-corrected chi connectivity index (χ3v) is 2.12. The van der Waals surface area contributed by atoms with E-state index < -0.39 is 22.4 Å². The molecule has 1 aliphatic rings. The molecule has 0 aliphatic carbocycles. The quantitative estimate of drug-likeness (QED) is 0.590. The Morgan fingerprint density at radius 2 is 2.25 bits per heavy atom. The van der Waals surface area contributed by atoms with E-state index >= 15 is 0 Å². The summed E-state index contributed by atoms with van der Waals surface area (Å²) < 4.78 is 43.4. The minimum Gasteiger partial charge on any atom is -0.378 e. The lowest BCUT2D eigenvalue weighted by Crippen LogP contribution is -2.36. The standard InChI is InChI=1S/C6H11FO4S/c1-12(8,9)11-6-2-3-10-4-5(6)7/h5-6H,2-4H2,1H3. The highest BCUT2D eigenvalue weighted by molar-refractivity contribution is 7.86. The first-order valence-electron chi connectivity index (χ1n) is 3.59. The van der Waals surface area contributed by atoms with Crippen LogP contribution < -0.4 is 0 Å². The maximum absolute atomic E-state index is 12.9. The summed E-state index contributed by atoms with van der Waals surface area (Å²) >= 11 is 0. The lowest BCUT2D eigenvalue weighted by molar-refractivity contribution is -0.0355. The Bertz CT molecular complexity index is 238. The molecule has 0 amide bonds. The normalized spacial score (nSPS) is 31.8. The highest BCUT2D eigenvalue weighted by Crippen LogP contribution is 2.16. The van der Waals surface area contributed by atoms with Gasteiger partial charge in [0.25, 0.3) is 10.1 Å². The second-order valence-electron chi connectivity index (χ2n) is 2.72. The van der Waals surface area contributed by atoms with Gasteiger partial charge < -0.3 is 4.74 Å². The van der Waals surface area contributed by atoms with E-state index in [-0.39, 0.29) is 13.0 Å². The summed E-state index contributed by atoms with van der Waals surface area (Å²) in [7, 11) is -3.55. The van der Waals surface area contributed by atoms with Crippen LogP contribution in [-0.4, -0.2) is 40.2 Å². The average Bonchev–Trinajstić information content (AvgIpc) is 1.91. The number of hydrogen-bond acceptors (Lipinski definition) is 4. The Hall–Kier alpha value is -0.200. The van der Waals surface area contributed by atoms with Gasteiger partial charge in [-0.1, -0.05) is 0 Å². The number of rotatable bonds is 2. The van der Waals surface area contributed by atoms with Crippen molar-refractivity contribution in [3.8, 4) is 0 Å². The molecule has 6 heteroatoms. The van der Waals surface area contributed by atoms with Crippen LogP contribution >= 0.6 is 0 Å². The van der Waals surface area contributed by atoms with E-state index in [0.717, 1.165) is 6.26 Å². The third-order valence-electron chi connectivity index (χ3n) is 1.53. The van der Waals surface area contributed by atoms with Gasteiger partial charge in [-0.15, -0.1) is 0 Å². The van der Waals surface area contributed by atoms with Gasteiger partial charge in [0.2, 0.25) is 0 Å². The van der Waals surface area contributed by atoms with Gasteiger partial charge >= 0.3 is 0 Å². The molecule has 2 atom stereocenters. The first-order chi connectivity index (χ1) is 5.49. The summed E-state index contributed by atoms with van der Waals surface area (Å²) in [5.41, 5.74) is 0. The molecule has 72 valence electrons. The molecule has 12 heavy (non-hydrogen) atoms. The topological polar surface area (TPSA) is 52.6 Å². The second kappa shape index (κ2) is 3.68. The highest BCUT2D eigenvalue weighted by Gasteiger charge is 2.29. The van der Waals surface area contributed by atoms with Crippen molar-refractivity contribution in [2.45, 2.75) is 18.7 Å². The van der Waals surface area contributed by atoms with Gasteiger partial charge in [-0.2, -0.15) is 8.42 Å². The van der Waals surface area contributed by atoms with Crippen molar-refractivity contribution in [1.29, 1.82) is 0 Å². The summed E-state index contributed by atoms with van der Waals surface area (Å²) in [6, 6.07) is 0. The van der Waals surface area contributed by atoms with Crippen LogP contribution in [-0.2, 0) is 19.0 Å². The van der Waals surface area contributed by atoms with Gasteiger partial charge in [-0.25, -0.2) is 4.39 Å². The van der Waals surface area contributed by atoms with Crippen molar-refractivity contribution < 1.29 is 21.7 Å². The Morgan fingerprint density at radius 1 is 1.58 bits per heavy atom. The maximum Gasteiger partial charge on any atom is 0.264 e. The van der Waals surface area contributed by atoms with Gasteiger partial charge in [0.15, 0.2) is 6.17 Å². The second-order valence-corrected chi connectivity index (χ2v) is 4.32. The first-order valence-corrected chi connectivity index (χ1v) is 5.41. The number of ether oxygens (including phenoxy) is 1. The van der Waals surface area contributed by atoms with E-state index in [4.69, 9.17) is 4.74 Å². The zero-order chi connectivity index (χ0) is 9.19. The molecule has 0 radical (unpaired) electrons. The van der Waals surface area contributed by atoms with Crippen LogP contribution in [0.25, 0.3) is 0 Å². The molecule has 4 nitrogen and oxygen atoms in total.